The summed E-state index contributed by atoms with van der Waals surface area (Å²) in [4.78, 5) is 5.57. The maximum absolute atomic E-state index is 5.65. The Kier molecular flexibility index (Phi) is 2.46. The van der Waals surface area contributed by atoms with Crippen LogP contribution in [-0.4, -0.2) is 29.3 Å². The number of hydrogen-bond acceptors (Lipinski definition) is 4. The van der Waals surface area contributed by atoms with E-state index < -0.39 is 0 Å². The van der Waals surface area contributed by atoms with Gasteiger partial charge in [0.25, 0.3) is 0 Å². The fraction of sp³-hybridized carbons (Fsp3) is 0.400. The van der Waals surface area contributed by atoms with Crippen LogP contribution in [0.25, 0.3) is 0 Å². The minimum atomic E-state index is 0.0955. The monoisotopic (exact) mass is 192 g/mol. The third-order valence-corrected chi connectivity index (χ3v) is 1.43. The van der Waals surface area contributed by atoms with E-state index in [1.807, 2.05) is 0 Å². The molecule has 1 heterocycles. The molecule has 0 aliphatic carbocycles. The Bertz CT molecular complexity index is 263. The van der Waals surface area contributed by atoms with Gasteiger partial charge in [0.1, 0.15) is 0 Å². The lowest BCUT2D eigenvalue weighted by Gasteiger charge is -2.10. The summed E-state index contributed by atoms with van der Waals surface area (Å²) in [5, 5.41) is 7.39. The molecule has 6 heteroatoms. The van der Waals surface area contributed by atoms with Gasteiger partial charge in [0.05, 0.1) is 0 Å². The Morgan fingerprint density at radius 3 is 2.27 bits per heavy atom. The van der Waals surface area contributed by atoms with Crippen molar-refractivity contribution in [1.82, 2.24) is 15.2 Å². The Morgan fingerprint density at radius 1 is 1.18 bits per heavy atom. The highest BCUT2D eigenvalue weighted by atomic mass is 35.5. The average molecular weight is 193 g/mol. The molecule has 60 valence electrons. The highest BCUT2D eigenvalue weighted by molar-refractivity contribution is 6.32. The van der Waals surface area contributed by atoms with Crippen molar-refractivity contribution in [2.75, 3.05) is 19.0 Å². The van der Waals surface area contributed by atoms with E-state index in [2.05, 4.69) is 15.2 Å². The van der Waals surface area contributed by atoms with Crippen LogP contribution >= 0.6 is 23.2 Å². The first kappa shape index (κ1) is 8.49. The molecule has 0 spiro atoms. The van der Waals surface area contributed by atoms with Crippen LogP contribution in [0.5, 0.6) is 0 Å². The second-order valence-corrected chi connectivity index (χ2v) is 2.79. The smallest absolute Gasteiger partial charge is 0.245 e. The molecule has 1 rings (SSSR count). The second kappa shape index (κ2) is 3.19. The van der Waals surface area contributed by atoms with Gasteiger partial charge in [-0.2, -0.15) is 4.98 Å². The van der Waals surface area contributed by atoms with Crippen LogP contribution in [0.1, 0.15) is 0 Å². The van der Waals surface area contributed by atoms with Crippen molar-refractivity contribution in [2.45, 2.75) is 0 Å². The van der Waals surface area contributed by atoms with Crippen LogP contribution in [0.15, 0.2) is 0 Å². The molecule has 0 radical (unpaired) electrons. The molecule has 0 saturated carbocycles. The molecule has 0 aliphatic rings. The van der Waals surface area contributed by atoms with Gasteiger partial charge in [-0.25, -0.2) is 0 Å². The maximum Gasteiger partial charge on any atom is 0.245 e. The fourth-order valence-corrected chi connectivity index (χ4v) is 0.937. The van der Waals surface area contributed by atoms with E-state index in [4.69, 9.17) is 23.2 Å². The zero-order valence-electron chi connectivity index (χ0n) is 6.04. The molecule has 1 aromatic rings. The lowest BCUT2D eigenvalue weighted by Crippen LogP contribution is -2.12. The normalized spacial score (nSPS) is 9.82. The summed E-state index contributed by atoms with van der Waals surface area (Å²) in [6.07, 6.45) is 0. The zero-order chi connectivity index (χ0) is 8.43. The zero-order valence-corrected chi connectivity index (χ0v) is 7.56. The van der Waals surface area contributed by atoms with Gasteiger partial charge in [-0.3, -0.25) is 0 Å². The molecule has 0 unspecified atom stereocenters. The van der Waals surface area contributed by atoms with Crippen molar-refractivity contribution in [3.63, 3.8) is 0 Å². The van der Waals surface area contributed by atoms with Crippen molar-refractivity contribution < 1.29 is 0 Å². The van der Waals surface area contributed by atoms with E-state index in [0.717, 1.165) is 0 Å². The summed E-state index contributed by atoms with van der Waals surface area (Å²) < 4.78 is 0. The number of rotatable bonds is 1. The molecule has 1 aromatic heterocycles. The number of halogens is 2. The summed E-state index contributed by atoms with van der Waals surface area (Å²) >= 11 is 11.1. The van der Waals surface area contributed by atoms with E-state index in [1.54, 1.807) is 19.0 Å². The van der Waals surface area contributed by atoms with E-state index >= 15 is 0 Å². The molecule has 0 saturated heterocycles. The highest BCUT2D eigenvalue weighted by Gasteiger charge is 2.06. The molecule has 0 amide bonds. The summed E-state index contributed by atoms with van der Waals surface area (Å²) in [5.74, 6) is 0.520. The van der Waals surface area contributed by atoms with Gasteiger partial charge < -0.3 is 4.90 Å². The summed E-state index contributed by atoms with van der Waals surface area (Å²) in [7, 11) is 3.60. The standard InChI is InChI=1S/C5H6Cl2N4/c1-11(2)4-3(6)9-10-5(7)8-4/h1-2H3. The molecule has 4 nitrogen and oxygen atoms in total. The molecular formula is C5H6Cl2N4. The van der Waals surface area contributed by atoms with Gasteiger partial charge in [0.2, 0.25) is 5.28 Å². The fourth-order valence-electron chi connectivity index (χ4n) is 0.570. The van der Waals surface area contributed by atoms with Gasteiger partial charge in [-0.15, -0.1) is 10.2 Å². The molecule has 0 fully saturated rings. The highest BCUT2D eigenvalue weighted by Crippen LogP contribution is 2.18. The van der Waals surface area contributed by atoms with Crippen molar-refractivity contribution in [3.05, 3.63) is 10.4 Å². The van der Waals surface area contributed by atoms with Gasteiger partial charge in [-0.05, 0) is 11.6 Å². The van der Waals surface area contributed by atoms with Crippen LogP contribution in [0.4, 0.5) is 5.82 Å². The number of aromatic nitrogens is 3. The molecule has 0 atom stereocenters. The third kappa shape index (κ3) is 1.91. The van der Waals surface area contributed by atoms with Crippen molar-refractivity contribution in [2.24, 2.45) is 0 Å². The number of nitrogens with zero attached hydrogens (tertiary/aromatic N) is 4. The van der Waals surface area contributed by atoms with Crippen molar-refractivity contribution >= 4 is 29.0 Å². The predicted octanol–water partition coefficient (Wildman–Crippen LogP) is 1.24. The quantitative estimate of drug-likeness (QED) is 0.672. The van der Waals surface area contributed by atoms with E-state index in [1.165, 1.54) is 0 Å². The molecule has 0 aromatic carbocycles. The summed E-state index contributed by atoms with van der Waals surface area (Å²) in [5.41, 5.74) is 0. The minimum absolute atomic E-state index is 0.0955. The Balaban J connectivity index is 3.13. The number of hydrogen-bond donors (Lipinski definition) is 0. The lowest BCUT2D eigenvalue weighted by molar-refractivity contribution is 0.936. The van der Waals surface area contributed by atoms with Crippen molar-refractivity contribution in [3.8, 4) is 0 Å². The second-order valence-electron chi connectivity index (χ2n) is 2.09. The van der Waals surface area contributed by atoms with E-state index in [9.17, 15) is 0 Å². The lowest BCUT2D eigenvalue weighted by atomic mass is 10.6. The van der Waals surface area contributed by atoms with E-state index in [0.29, 0.717) is 5.82 Å². The van der Waals surface area contributed by atoms with E-state index in [-0.39, 0.29) is 10.4 Å². The van der Waals surface area contributed by atoms with Crippen LogP contribution in [0, 0.1) is 0 Å². The van der Waals surface area contributed by atoms with Crippen LogP contribution in [0.2, 0.25) is 10.4 Å². The summed E-state index contributed by atoms with van der Waals surface area (Å²) in [6, 6.07) is 0. The molecule has 0 bridgehead atoms. The third-order valence-electron chi connectivity index (χ3n) is 1.03. The molecule has 0 aliphatic heterocycles. The van der Waals surface area contributed by atoms with Crippen LogP contribution in [-0.2, 0) is 0 Å². The first-order chi connectivity index (χ1) is 5.11. The Morgan fingerprint density at radius 2 is 1.82 bits per heavy atom. The van der Waals surface area contributed by atoms with Crippen LogP contribution in [0.3, 0.4) is 0 Å². The van der Waals surface area contributed by atoms with Crippen LogP contribution < -0.4 is 4.90 Å². The largest absolute Gasteiger partial charge is 0.360 e. The predicted molar refractivity (Wildman–Crippen MR) is 44.2 cm³/mol. The molecule has 11 heavy (non-hydrogen) atoms. The Hall–Kier alpha value is -0.610. The van der Waals surface area contributed by atoms with Gasteiger partial charge in [0, 0.05) is 14.1 Å². The SMILES string of the molecule is CN(C)c1nc(Cl)nnc1Cl. The Labute approximate surface area is 74.2 Å². The van der Waals surface area contributed by atoms with Gasteiger partial charge >= 0.3 is 0 Å². The van der Waals surface area contributed by atoms with Crippen molar-refractivity contribution in [1.29, 1.82) is 0 Å². The topological polar surface area (TPSA) is 41.9 Å². The van der Waals surface area contributed by atoms with Gasteiger partial charge in [-0.1, -0.05) is 11.6 Å². The summed E-state index contributed by atoms with van der Waals surface area (Å²) in [6.45, 7) is 0. The maximum atomic E-state index is 5.65. The molecule has 0 N–H and O–H groups in total. The minimum Gasteiger partial charge on any atom is -0.360 e. The van der Waals surface area contributed by atoms with Gasteiger partial charge in [0.15, 0.2) is 11.0 Å². The molecular weight excluding hydrogens is 187 g/mol. The average Bonchev–Trinajstić information content (AvgIpc) is 1.94. The number of anilines is 1. The first-order valence-corrected chi connectivity index (χ1v) is 3.60. The first-order valence-electron chi connectivity index (χ1n) is 2.84.